The van der Waals surface area contributed by atoms with Crippen LogP contribution in [0, 0.1) is 0 Å². The zero-order valence-electron chi connectivity index (χ0n) is 9.17. The standard InChI is InChI=1S/C10H14N2O3S/c1-3-16(14,15)9-6-4-8(5-7-9)12(2)10(11)13/h4-7H,3H2,1-2H3,(H2,11,13). The number of nitrogens with two attached hydrogens (primary N) is 1. The van der Waals surface area contributed by atoms with Gasteiger partial charge in [-0.05, 0) is 24.3 Å². The van der Waals surface area contributed by atoms with Crippen molar-refractivity contribution in [2.45, 2.75) is 11.8 Å². The van der Waals surface area contributed by atoms with E-state index in [9.17, 15) is 13.2 Å². The second-order valence-corrected chi connectivity index (χ2v) is 5.57. The van der Waals surface area contributed by atoms with Crippen molar-refractivity contribution in [3.8, 4) is 0 Å². The lowest BCUT2D eigenvalue weighted by atomic mass is 10.3. The first-order valence-electron chi connectivity index (χ1n) is 4.74. The predicted molar refractivity (Wildman–Crippen MR) is 62.2 cm³/mol. The molecule has 0 saturated carbocycles. The maximum absolute atomic E-state index is 11.5. The number of hydrogen-bond acceptors (Lipinski definition) is 3. The Morgan fingerprint density at radius 2 is 1.81 bits per heavy atom. The van der Waals surface area contributed by atoms with E-state index in [1.54, 1.807) is 19.1 Å². The molecule has 0 bridgehead atoms. The van der Waals surface area contributed by atoms with Crippen molar-refractivity contribution >= 4 is 21.6 Å². The fourth-order valence-corrected chi connectivity index (χ4v) is 2.06. The van der Waals surface area contributed by atoms with E-state index in [4.69, 9.17) is 5.73 Å². The normalized spacial score (nSPS) is 11.1. The Morgan fingerprint density at radius 1 is 1.31 bits per heavy atom. The molecule has 0 aliphatic heterocycles. The molecule has 0 heterocycles. The van der Waals surface area contributed by atoms with E-state index in [0.29, 0.717) is 5.69 Å². The predicted octanol–water partition coefficient (Wildman–Crippen LogP) is 0.995. The highest BCUT2D eigenvalue weighted by molar-refractivity contribution is 7.91. The van der Waals surface area contributed by atoms with Gasteiger partial charge in [0.15, 0.2) is 9.84 Å². The molecule has 0 atom stereocenters. The second kappa shape index (κ2) is 4.52. The molecular weight excluding hydrogens is 228 g/mol. The lowest BCUT2D eigenvalue weighted by Gasteiger charge is -2.14. The number of carbonyl (C=O) groups is 1. The summed E-state index contributed by atoms with van der Waals surface area (Å²) >= 11 is 0. The average molecular weight is 242 g/mol. The summed E-state index contributed by atoms with van der Waals surface area (Å²) in [5.41, 5.74) is 5.64. The average Bonchev–Trinajstić information content (AvgIpc) is 2.28. The Morgan fingerprint density at radius 3 is 2.19 bits per heavy atom. The smallest absolute Gasteiger partial charge is 0.318 e. The van der Waals surface area contributed by atoms with Gasteiger partial charge in [0.2, 0.25) is 0 Å². The highest BCUT2D eigenvalue weighted by Gasteiger charge is 2.12. The summed E-state index contributed by atoms with van der Waals surface area (Å²) in [5.74, 6) is 0.0536. The van der Waals surface area contributed by atoms with E-state index < -0.39 is 15.9 Å². The Kier molecular flexibility index (Phi) is 3.54. The van der Waals surface area contributed by atoms with Crippen LogP contribution in [0.15, 0.2) is 29.2 Å². The number of hydrogen-bond donors (Lipinski definition) is 1. The van der Waals surface area contributed by atoms with Gasteiger partial charge < -0.3 is 5.73 Å². The third kappa shape index (κ3) is 2.52. The summed E-state index contributed by atoms with van der Waals surface area (Å²) in [5, 5.41) is 0. The highest BCUT2D eigenvalue weighted by atomic mass is 32.2. The second-order valence-electron chi connectivity index (χ2n) is 3.29. The van der Waals surface area contributed by atoms with E-state index in [0.717, 1.165) is 0 Å². The van der Waals surface area contributed by atoms with E-state index in [1.807, 2.05) is 0 Å². The third-order valence-electron chi connectivity index (χ3n) is 2.29. The molecule has 0 fully saturated rings. The maximum atomic E-state index is 11.5. The quantitative estimate of drug-likeness (QED) is 0.858. The molecule has 0 unspecified atom stereocenters. The minimum absolute atomic E-state index is 0.0536. The first-order chi connectivity index (χ1) is 7.38. The number of benzene rings is 1. The Balaban J connectivity index is 3.05. The van der Waals surface area contributed by atoms with Gasteiger partial charge in [-0.3, -0.25) is 4.90 Å². The minimum atomic E-state index is -3.20. The van der Waals surface area contributed by atoms with Crippen molar-refractivity contribution in [3.63, 3.8) is 0 Å². The van der Waals surface area contributed by atoms with Crippen LogP contribution < -0.4 is 10.6 Å². The van der Waals surface area contributed by atoms with Crippen LogP contribution in [0.1, 0.15) is 6.92 Å². The zero-order valence-corrected chi connectivity index (χ0v) is 9.99. The zero-order chi connectivity index (χ0) is 12.3. The van der Waals surface area contributed by atoms with Crippen molar-refractivity contribution in [2.75, 3.05) is 17.7 Å². The van der Waals surface area contributed by atoms with E-state index in [-0.39, 0.29) is 10.6 Å². The van der Waals surface area contributed by atoms with Gasteiger partial charge in [-0.25, -0.2) is 13.2 Å². The monoisotopic (exact) mass is 242 g/mol. The van der Waals surface area contributed by atoms with E-state index >= 15 is 0 Å². The summed E-state index contributed by atoms with van der Waals surface area (Å²) in [6, 6.07) is 5.44. The minimum Gasteiger partial charge on any atom is -0.351 e. The summed E-state index contributed by atoms with van der Waals surface area (Å²) in [4.78, 5) is 12.4. The molecule has 0 aliphatic rings. The molecule has 0 aliphatic carbocycles. The number of amides is 2. The van der Waals surface area contributed by atoms with Crippen LogP contribution >= 0.6 is 0 Å². The summed E-state index contributed by atoms with van der Waals surface area (Å²) < 4.78 is 23.0. The van der Waals surface area contributed by atoms with Gasteiger partial charge in [-0.15, -0.1) is 0 Å². The molecule has 2 N–H and O–H groups in total. The SMILES string of the molecule is CCS(=O)(=O)c1ccc(N(C)C(N)=O)cc1. The van der Waals surface area contributed by atoms with Gasteiger partial charge in [-0.1, -0.05) is 6.92 Å². The Labute approximate surface area is 94.8 Å². The molecule has 6 heteroatoms. The van der Waals surface area contributed by atoms with Gasteiger partial charge in [0.25, 0.3) is 0 Å². The fraction of sp³-hybridized carbons (Fsp3) is 0.300. The molecule has 1 aromatic carbocycles. The van der Waals surface area contributed by atoms with Gasteiger partial charge in [-0.2, -0.15) is 0 Å². The van der Waals surface area contributed by atoms with Crippen molar-refractivity contribution in [3.05, 3.63) is 24.3 Å². The topological polar surface area (TPSA) is 80.5 Å². The number of urea groups is 1. The lowest BCUT2D eigenvalue weighted by Crippen LogP contribution is -2.31. The number of nitrogens with zero attached hydrogens (tertiary/aromatic N) is 1. The van der Waals surface area contributed by atoms with Crippen LogP contribution in [0.4, 0.5) is 10.5 Å². The summed E-state index contributed by atoms with van der Waals surface area (Å²) in [6.45, 7) is 1.58. The third-order valence-corrected chi connectivity index (χ3v) is 4.04. The van der Waals surface area contributed by atoms with Crippen molar-refractivity contribution in [1.82, 2.24) is 0 Å². The first kappa shape index (κ1) is 12.5. The molecule has 88 valence electrons. The molecular formula is C10H14N2O3S. The van der Waals surface area contributed by atoms with Crippen LogP contribution in [0.5, 0.6) is 0 Å². The Bertz CT molecular complexity index is 479. The fourth-order valence-electron chi connectivity index (χ4n) is 1.17. The Hall–Kier alpha value is -1.56. The molecule has 0 aromatic heterocycles. The van der Waals surface area contributed by atoms with E-state index in [2.05, 4.69) is 0 Å². The van der Waals surface area contributed by atoms with Crippen molar-refractivity contribution in [1.29, 1.82) is 0 Å². The number of carbonyl (C=O) groups excluding carboxylic acids is 1. The summed E-state index contributed by atoms with van der Waals surface area (Å²) in [6.07, 6.45) is 0. The molecule has 2 amide bonds. The van der Waals surface area contributed by atoms with Crippen molar-refractivity contribution < 1.29 is 13.2 Å². The maximum Gasteiger partial charge on any atom is 0.318 e. The van der Waals surface area contributed by atoms with Crippen LogP contribution in [0.2, 0.25) is 0 Å². The van der Waals surface area contributed by atoms with Crippen LogP contribution in [-0.2, 0) is 9.84 Å². The molecule has 0 radical (unpaired) electrons. The van der Waals surface area contributed by atoms with Gasteiger partial charge in [0.05, 0.1) is 10.6 Å². The van der Waals surface area contributed by atoms with Gasteiger partial charge in [0, 0.05) is 12.7 Å². The van der Waals surface area contributed by atoms with Crippen LogP contribution in [-0.4, -0.2) is 27.2 Å². The summed E-state index contributed by atoms with van der Waals surface area (Å²) in [7, 11) is -1.68. The van der Waals surface area contributed by atoms with Gasteiger partial charge >= 0.3 is 6.03 Å². The molecule has 0 saturated heterocycles. The molecule has 1 aromatic rings. The molecule has 0 spiro atoms. The number of sulfone groups is 1. The first-order valence-corrected chi connectivity index (χ1v) is 6.39. The number of rotatable bonds is 3. The largest absolute Gasteiger partial charge is 0.351 e. The van der Waals surface area contributed by atoms with Crippen LogP contribution in [0.3, 0.4) is 0 Å². The van der Waals surface area contributed by atoms with Crippen LogP contribution in [0.25, 0.3) is 0 Å². The number of anilines is 1. The van der Waals surface area contributed by atoms with E-state index in [1.165, 1.54) is 24.1 Å². The lowest BCUT2D eigenvalue weighted by molar-refractivity contribution is 0.255. The highest BCUT2D eigenvalue weighted by Crippen LogP contribution is 2.17. The van der Waals surface area contributed by atoms with Gasteiger partial charge in [0.1, 0.15) is 0 Å². The van der Waals surface area contributed by atoms with Crippen molar-refractivity contribution in [2.24, 2.45) is 5.73 Å². The molecule has 1 rings (SSSR count). The molecule has 5 nitrogen and oxygen atoms in total. The molecule has 16 heavy (non-hydrogen) atoms. The number of primary amides is 1.